The maximum Gasteiger partial charge on any atom is 0.226 e. The molecular weight excluding hydrogens is 346 g/mol. The smallest absolute Gasteiger partial charge is 0.226 e. The highest BCUT2D eigenvalue weighted by molar-refractivity contribution is 6.75. The van der Waals surface area contributed by atoms with Crippen LogP contribution >= 0.6 is 0 Å². The monoisotopic (exact) mass is 371 g/mol. The van der Waals surface area contributed by atoms with Gasteiger partial charge in [-0.15, -0.1) is 0 Å². The van der Waals surface area contributed by atoms with Crippen molar-refractivity contribution in [1.82, 2.24) is 4.98 Å². The molecule has 1 heterocycles. The van der Waals surface area contributed by atoms with Gasteiger partial charge in [-0.1, -0.05) is 79.8 Å². The Kier molecular flexibility index (Phi) is 4.48. The molecule has 0 unspecified atom stereocenters. The molecule has 0 amide bonds. The molecule has 0 spiro atoms. The van der Waals surface area contributed by atoms with Gasteiger partial charge < -0.3 is 4.42 Å². The van der Waals surface area contributed by atoms with Crippen molar-refractivity contribution >= 4 is 18.8 Å². The molecule has 4 rings (SSSR count). The predicted octanol–water partition coefficient (Wildman–Crippen LogP) is 6.89. The first kappa shape index (κ1) is 17.7. The van der Waals surface area contributed by atoms with Crippen molar-refractivity contribution in [2.75, 3.05) is 0 Å². The van der Waals surface area contributed by atoms with Gasteiger partial charge >= 0.3 is 0 Å². The quantitative estimate of drug-likeness (QED) is 0.365. The van der Waals surface area contributed by atoms with Crippen LogP contribution in [-0.4, -0.2) is 13.1 Å². The highest BCUT2D eigenvalue weighted by Crippen LogP contribution is 2.35. The number of oxazole rings is 1. The lowest BCUT2D eigenvalue weighted by Crippen LogP contribution is -2.23. The summed E-state index contributed by atoms with van der Waals surface area (Å²) in [5.74, 6) is 1.73. The van der Waals surface area contributed by atoms with Gasteiger partial charge in [0.2, 0.25) is 5.89 Å². The van der Waals surface area contributed by atoms with E-state index in [0.29, 0.717) is 5.89 Å². The average molecular weight is 372 g/mol. The summed E-state index contributed by atoms with van der Waals surface area (Å²) in [4.78, 5) is 4.97. The fraction of sp³-hybridized carbons (Fsp3) is 0.208. The molecular formula is C24H25NOSi. The molecule has 0 fully saturated rings. The van der Waals surface area contributed by atoms with Crippen LogP contribution in [0.5, 0.6) is 0 Å². The lowest BCUT2D eigenvalue weighted by atomic mass is 10.0. The van der Waals surface area contributed by atoms with E-state index >= 15 is 0 Å². The molecule has 136 valence electrons. The van der Waals surface area contributed by atoms with E-state index in [1.807, 2.05) is 0 Å². The van der Waals surface area contributed by atoms with E-state index in [0.717, 1.165) is 28.6 Å². The van der Waals surface area contributed by atoms with Crippen molar-refractivity contribution in [3.05, 3.63) is 78.1 Å². The number of hydrogen-bond acceptors (Lipinski definition) is 2. The number of aromatic nitrogens is 1. The lowest BCUT2D eigenvalue weighted by Gasteiger charge is -2.14. The minimum atomic E-state index is -1.36. The molecule has 0 radical (unpaired) electrons. The lowest BCUT2D eigenvalue weighted by molar-refractivity contribution is 0.536. The second-order valence-electron chi connectivity index (χ2n) is 8.42. The first-order valence-corrected chi connectivity index (χ1v) is 13.2. The third-order valence-corrected chi connectivity index (χ3v) is 6.11. The molecule has 0 atom stereocenters. The van der Waals surface area contributed by atoms with Gasteiger partial charge in [0.15, 0.2) is 0 Å². The standard InChI is InChI=1S/C24H25NOSi/c1-17-12-14-19(15-13-17)24-25-23(22(26-24)16-27(2,3)4)21-11-7-9-18-8-5-6-10-20(18)21/h5-15H,16H2,1-4H3. The van der Waals surface area contributed by atoms with Crippen molar-refractivity contribution in [2.24, 2.45) is 0 Å². The molecule has 0 aliphatic heterocycles. The van der Waals surface area contributed by atoms with Gasteiger partial charge in [0, 0.05) is 17.2 Å². The van der Waals surface area contributed by atoms with E-state index in [1.54, 1.807) is 0 Å². The van der Waals surface area contributed by atoms with Gasteiger partial charge in [0.25, 0.3) is 0 Å². The van der Waals surface area contributed by atoms with Crippen LogP contribution in [0.3, 0.4) is 0 Å². The fourth-order valence-electron chi connectivity index (χ4n) is 3.42. The van der Waals surface area contributed by atoms with E-state index in [2.05, 4.69) is 93.3 Å². The second-order valence-corrected chi connectivity index (χ2v) is 13.9. The zero-order valence-electron chi connectivity index (χ0n) is 16.4. The van der Waals surface area contributed by atoms with Crippen molar-refractivity contribution in [1.29, 1.82) is 0 Å². The van der Waals surface area contributed by atoms with Crippen LogP contribution in [0.15, 0.2) is 71.1 Å². The Morgan fingerprint density at radius 1 is 0.852 bits per heavy atom. The first-order valence-electron chi connectivity index (χ1n) is 9.46. The van der Waals surface area contributed by atoms with Crippen molar-refractivity contribution in [3.63, 3.8) is 0 Å². The Hall–Kier alpha value is -2.65. The van der Waals surface area contributed by atoms with Crippen molar-refractivity contribution < 1.29 is 4.42 Å². The second kappa shape index (κ2) is 6.82. The van der Waals surface area contributed by atoms with Gasteiger partial charge in [-0.2, -0.15) is 0 Å². The van der Waals surface area contributed by atoms with Gasteiger partial charge in [0.05, 0.1) is 8.07 Å². The number of fused-ring (bicyclic) bond motifs is 1. The molecule has 0 N–H and O–H groups in total. The maximum atomic E-state index is 6.34. The fourth-order valence-corrected chi connectivity index (χ4v) is 4.62. The first-order chi connectivity index (χ1) is 12.9. The average Bonchev–Trinajstić information content (AvgIpc) is 3.03. The number of nitrogens with zero attached hydrogens (tertiary/aromatic N) is 1. The van der Waals surface area contributed by atoms with Gasteiger partial charge in [-0.3, -0.25) is 0 Å². The Morgan fingerprint density at radius 3 is 2.30 bits per heavy atom. The summed E-state index contributed by atoms with van der Waals surface area (Å²) >= 11 is 0. The Morgan fingerprint density at radius 2 is 1.56 bits per heavy atom. The van der Waals surface area contributed by atoms with Crippen LogP contribution in [0.1, 0.15) is 11.3 Å². The van der Waals surface area contributed by atoms with Crippen LogP contribution in [0, 0.1) is 6.92 Å². The number of rotatable bonds is 4. The molecule has 0 aliphatic carbocycles. The topological polar surface area (TPSA) is 26.0 Å². The zero-order valence-corrected chi connectivity index (χ0v) is 17.4. The van der Waals surface area contributed by atoms with Crippen LogP contribution in [0.25, 0.3) is 33.5 Å². The summed E-state index contributed by atoms with van der Waals surface area (Å²) < 4.78 is 6.34. The summed E-state index contributed by atoms with van der Waals surface area (Å²) in [6.45, 7) is 9.20. The maximum absolute atomic E-state index is 6.34. The van der Waals surface area contributed by atoms with E-state index < -0.39 is 8.07 Å². The Bertz CT molecular complexity index is 1080. The summed E-state index contributed by atoms with van der Waals surface area (Å²) in [6.07, 6.45) is 0. The summed E-state index contributed by atoms with van der Waals surface area (Å²) in [5.41, 5.74) is 4.42. The van der Waals surface area contributed by atoms with Crippen molar-refractivity contribution in [2.45, 2.75) is 32.6 Å². The normalized spacial score (nSPS) is 11.9. The minimum Gasteiger partial charge on any atom is -0.441 e. The van der Waals surface area contributed by atoms with Crippen molar-refractivity contribution in [3.8, 4) is 22.7 Å². The van der Waals surface area contributed by atoms with Crippen LogP contribution < -0.4 is 0 Å². The van der Waals surface area contributed by atoms with E-state index in [4.69, 9.17) is 9.40 Å². The molecule has 0 aliphatic rings. The van der Waals surface area contributed by atoms with Gasteiger partial charge in [-0.25, -0.2) is 4.98 Å². The molecule has 1 aromatic heterocycles. The largest absolute Gasteiger partial charge is 0.441 e. The van der Waals surface area contributed by atoms with Gasteiger partial charge in [0.1, 0.15) is 11.5 Å². The van der Waals surface area contributed by atoms with Crippen LogP contribution in [0.4, 0.5) is 0 Å². The molecule has 3 heteroatoms. The molecule has 0 saturated carbocycles. The number of hydrogen-bond donors (Lipinski definition) is 0. The highest BCUT2D eigenvalue weighted by atomic mass is 28.3. The number of aryl methyl sites for hydroxylation is 1. The Balaban J connectivity index is 1.91. The molecule has 27 heavy (non-hydrogen) atoms. The summed E-state index contributed by atoms with van der Waals surface area (Å²) in [6, 6.07) is 24.3. The third kappa shape index (κ3) is 3.74. The zero-order chi connectivity index (χ0) is 19.0. The van der Waals surface area contributed by atoms with Gasteiger partial charge in [-0.05, 0) is 29.8 Å². The SMILES string of the molecule is Cc1ccc(-c2nc(-c3cccc4ccccc34)c(C[Si](C)(C)C)o2)cc1. The molecule has 4 aromatic rings. The molecule has 2 nitrogen and oxygen atoms in total. The summed E-state index contributed by atoms with van der Waals surface area (Å²) in [7, 11) is -1.36. The predicted molar refractivity (Wildman–Crippen MR) is 117 cm³/mol. The van der Waals surface area contributed by atoms with Crippen LogP contribution in [0.2, 0.25) is 19.6 Å². The highest BCUT2D eigenvalue weighted by Gasteiger charge is 2.23. The van der Waals surface area contributed by atoms with E-state index in [9.17, 15) is 0 Å². The summed E-state index contributed by atoms with van der Waals surface area (Å²) in [5, 5.41) is 2.45. The van der Waals surface area contributed by atoms with E-state index in [1.165, 1.54) is 16.3 Å². The molecule has 3 aromatic carbocycles. The van der Waals surface area contributed by atoms with Crippen LogP contribution in [-0.2, 0) is 6.04 Å². The Labute approximate surface area is 161 Å². The number of benzene rings is 3. The third-order valence-electron chi connectivity index (χ3n) is 4.73. The molecule has 0 bridgehead atoms. The molecule has 0 saturated heterocycles. The van der Waals surface area contributed by atoms with E-state index in [-0.39, 0.29) is 0 Å². The minimum absolute atomic E-state index is 0.714.